The largest absolute Gasteiger partial charge is 0.327 e. The van der Waals surface area contributed by atoms with Gasteiger partial charge in [0.2, 0.25) is 0 Å². The van der Waals surface area contributed by atoms with Crippen LogP contribution in [-0.4, -0.2) is 6.04 Å². The molecule has 0 aromatic heterocycles. The van der Waals surface area contributed by atoms with Crippen molar-refractivity contribution in [2.75, 3.05) is 0 Å². The molecule has 0 aliphatic heterocycles. The van der Waals surface area contributed by atoms with Gasteiger partial charge >= 0.3 is 0 Å². The Balaban J connectivity index is 2.07. The molecule has 0 saturated heterocycles. The van der Waals surface area contributed by atoms with Crippen molar-refractivity contribution in [1.29, 1.82) is 0 Å². The van der Waals surface area contributed by atoms with Gasteiger partial charge in [0.1, 0.15) is 0 Å². The van der Waals surface area contributed by atoms with Gasteiger partial charge in [0, 0.05) is 10.5 Å². The fraction of sp³-hybridized carbons (Fsp3) is 0.500. The predicted molar refractivity (Wildman–Crippen MR) is 63.2 cm³/mol. The highest BCUT2D eigenvalue weighted by Crippen LogP contribution is 2.29. The molecule has 1 nitrogen and oxygen atoms in total. The fourth-order valence-electron chi connectivity index (χ4n) is 2.27. The van der Waals surface area contributed by atoms with Gasteiger partial charge in [-0.05, 0) is 36.8 Å². The minimum Gasteiger partial charge on any atom is -0.327 e. The summed E-state index contributed by atoms with van der Waals surface area (Å²) in [5, 5.41) is 0. The van der Waals surface area contributed by atoms with Crippen molar-refractivity contribution in [2.45, 2.75) is 31.7 Å². The lowest BCUT2D eigenvalue weighted by Crippen LogP contribution is -2.25. The quantitative estimate of drug-likeness (QED) is 0.862. The zero-order chi connectivity index (χ0) is 9.97. The highest BCUT2D eigenvalue weighted by Gasteiger charge is 2.24. The van der Waals surface area contributed by atoms with Crippen LogP contribution in [-0.2, 0) is 6.42 Å². The third-order valence-electron chi connectivity index (χ3n) is 3.16. The molecule has 1 aliphatic rings. The normalized spacial score (nSPS) is 26.7. The average Bonchev–Trinajstić information content (AvgIpc) is 2.56. The van der Waals surface area contributed by atoms with Crippen LogP contribution in [0.1, 0.15) is 24.8 Å². The second-order valence-electron chi connectivity index (χ2n) is 4.15. The summed E-state index contributed by atoms with van der Waals surface area (Å²) in [7, 11) is 0. The van der Waals surface area contributed by atoms with Gasteiger partial charge in [0.15, 0.2) is 0 Å². The van der Waals surface area contributed by atoms with Crippen LogP contribution in [0.5, 0.6) is 0 Å². The molecule has 2 rings (SSSR count). The third-order valence-corrected chi connectivity index (χ3v) is 3.93. The molecule has 1 aromatic rings. The van der Waals surface area contributed by atoms with E-state index >= 15 is 0 Å². The van der Waals surface area contributed by atoms with Gasteiger partial charge in [0.05, 0.1) is 0 Å². The van der Waals surface area contributed by atoms with Gasteiger partial charge in [-0.25, -0.2) is 0 Å². The van der Waals surface area contributed by atoms with Crippen molar-refractivity contribution in [3.8, 4) is 0 Å². The zero-order valence-electron chi connectivity index (χ0n) is 8.25. The van der Waals surface area contributed by atoms with Crippen molar-refractivity contribution >= 4 is 15.9 Å². The number of hydrogen-bond acceptors (Lipinski definition) is 1. The first kappa shape index (κ1) is 10.2. The van der Waals surface area contributed by atoms with E-state index in [-0.39, 0.29) is 0 Å². The predicted octanol–water partition coefficient (Wildman–Crippen LogP) is 3.12. The molecule has 2 heteroatoms. The van der Waals surface area contributed by atoms with Crippen LogP contribution in [0.2, 0.25) is 0 Å². The molecule has 2 unspecified atom stereocenters. The number of benzene rings is 1. The average molecular weight is 254 g/mol. The molecule has 1 aromatic carbocycles. The first-order valence-electron chi connectivity index (χ1n) is 5.26. The van der Waals surface area contributed by atoms with Crippen LogP contribution >= 0.6 is 15.9 Å². The number of halogens is 1. The summed E-state index contributed by atoms with van der Waals surface area (Å²) in [6, 6.07) is 8.87. The van der Waals surface area contributed by atoms with E-state index < -0.39 is 0 Å². The van der Waals surface area contributed by atoms with Gasteiger partial charge in [-0.2, -0.15) is 0 Å². The van der Waals surface area contributed by atoms with E-state index in [9.17, 15) is 0 Å². The van der Waals surface area contributed by atoms with E-state index in [1.807, 2.05) is 0 Å². The van der Waals surface area contributed by atoms with Crippen LogP contribution < -0.4 is 5.73 Å². The molecule has 0 radical (unpaired) electrons. The van der Waals surface area contributed by atoms with Gasteiger partial charge in [0.25, 0.3) is 0 Å². The number of rotatable bonds is 2. The summed E-state index contributed by atoms with van der Waals surface area (Å²) in [4.78, 5) is 0. The van der Waals surface area contributed by atoms with E-state index in [4.69, 9.17) is 5.73 Å². The van der Waals surface area contributed by atoms with E-state index in [2.05, 4.69) is 40.2 Å². The molecular formula is C12H16BrN. The molecule has 0 heterocycles. The standard InChI is InChI=1S/C12H16BrN/c13-11-6-2-1-4-9(11)8-10-5-3-7-12(10)14/h1-2,4,6,10,12H,3,5,7-8,14H2. The highest BCUT2D eigenvalue weighted by atomic mass is 79.9. The van der Waals surface area contributed by atoms with E-state index in [1.165, 1.54) is 29.3 Å². The van der Waals surface area contributed by atoms with E-state index in [0.717, 1.165) is 6.42 Å². The first-order chi connectivity index (χ1) is 6.77. The van der Waals surface area contributed by atoms with Crippen LogP contribution in [0.15, 0.2) is 28.7 Å². The topological polar surface area (TPSA) is 26.0 Å². The Labute approximate surface area is 93.8 Å². The molecule has 76 valence electrons. The lowest BCUT2D eigenvalue weighted by atomic mass is 9.95. The molecule has 0 spiro atoms. The van der Waals surface area contributed by atoms with Crippen LogP contribution in [0.25, 0.3) is 0 Å². The summed E-state index contributed by atoms with van der Waals surface area (Å²) >= 11 is 3.58. The Kier molecular flexibility index (Phi) is 3.24. The third kappa shape index (κ3) is 2.18. The van der Waals surface area contributed by atoms with Gasteiger partial charge in [-0.1, -0.05) is 40.5 Å². The molecule has 2 atom stereocenters. The Morgan fingerprint density at radius 3 is 2.71 bits per heavy atom. The maximum absolute atomic E-state index is 6.06. The van der Waals surface area contributed by atoms with Crippen molar-refractivity contribution in [3.05, 3.63) is 34.3 Å². The summed E-state index contributed by atoms with van der Waals surface area (Å²) < 4.78 is 1.22. The van der Waals surface area contributed by atoms with Gasteiger partial charge < -0.3 is 5.73 Å². The summed E-state index contributed by atoms with van der Waals surface area (Å²) in [6.45, 7) is 0. The maximum Gasteiger partial charge on any atom is 0.0207 e. The summed E-state index contributed by atoms with van der Waals surface area (Å²) in [5.41, 5.74) is 7.46. The minimum atomic E-state index is 0.419. The van der Waals surface area contributed by atoms with Crippen LogP contribution in [0.4, 0.5) is 0 Å². The highest BCUT2D eigenvalue weighted by molar-refractivity contribution is 9.10. The Morgan fingerprint density at radius 1 is 1.29 bits per heavy atom. The van der Waals surface area contributed by atoms with Crippen molar-refractivity contribution in [2.24, 2.45) is 11.7 Å². The monoisotopic (exact) mass is 253 g/mol. The van der Waals surface area contributed by atoms with E-state index in [1.54, 1.807) is 0 Å². The maximum atomic E-state index is 6.06. The van der Waals surface area contributed by atoms with Crippen molar-refractivity contribution in [3.63, 3.8) is 0 Å². The van der Waals surface area contributed by atoms with E-state index in [0.29, 0.717) is 12.0 Å². The molecule has 14 heavy (non-hydrogen) atoms. The smallest absolute Gasteiger partial charge is 0.0207 e. The molecule has 2 N–H and O–H groups in total. The molecule has 1 fully saturated rings. The Hall–Kier alpha value is -0.340. The first-order valence-corrected chi connectivity index (χ1v) is 6.05. The van der Waals surface area contributed by atoms with Crippen molar-refractivity contribution in [1.82, 2.24) is 0 Å². The summed E-state index contributed by atoms with van der Waals surface area (Å²) in [5.74, 6) is 0.689. The Morgan fingerprint density at radius 2 is 2.07 bits per heavy atom. The zero-order valence-corrected chi connectivity index (χ0v) is 9.83. The number of hydrogen-bond donors (Lipinski definition) is 1. The molecule has 1 aliphatic carbocycles. The fourth-order valence-corrected chi connectivity index (χ4v) is 2.71. The lowest BCUT2D eigenvalue weighted by molar-refractivity contribution is 0.478. The second kappa shape index (κ2) is 4.45. The molecular weight excluding hydrogens is 238 g/mol. The molecule has 0 bridgehead atoms. The molecule has 1 saturated carbocycles. The van der Waals surface area contributed by atoms with Crippen LogP contribution in [0.3, 0.4) is 0 Å². The Bertz CT molecular complexity index is 311. The molecule has 0 amide bonds. The second-order valence-corrected chi connectivity index (χ2v) is 5.00. The lowest BCUT2D eigenvalue weighted by Gasteiger charge is -2.15. The van der Waals surface area contributed by atoms with Crippen LogP contribution in [0, 0.1) is 5.92 Å². The van der Waals surface area contributed by atoms with Gasteiger partial charge in [-0.3, -0.25) is 0 Å². The SMILES string of the molecule is NC1CCCC1Cc1ccccc1Br. The minimum absolute atomic E-state index is 0.419. The van der Waals surface area contributed by atoms with Gasteiger partial charge in [-0.15, -0.1) is 0 Å². The number of nitrogens with two attached hydrogens (primary N) is 1. The van der Waals surface area contributed by atoms with Crippen molar-refractivity contribution < 1.29 is 0 Å². The summed E-state index contributed by atoms with van der Waals surface area (Å²) in [6.07, 6.45) is 4.93.